The summed E-state index contributed by atoms with van der Waals surface area (Å²) in [6.07, 6.45) is -3.21. The second-order valence-electron chi connectivity index (χ2n) is 5.76. The van der Waals surface area contributed by atoms with Crippen LogP contribution in [0.1, 0.15) is 20.9 Å². The van der Waals surface area contributed by atoms with Crippen LogP contribution in [0.5, 0.6) is 11.5 Å². The van der Waals surface area contributed by atoms with Crippen molar-refractivity contribution < 1.29 is 27.5 Å². The number of hydrogen-bond donors (Lipinski definition) is 1. The Hall–Kier alpha value is -3.34. The van der Waals surface area contributed by atoms with Gasteiger partial charge in [0.15, 0.2) is 18.2 Å². The zero-order valence-electron chi connectivity index (χ0n) is 15.0. The molecule has 0 saturated carbocycles. The maximum absolute atomic E-state index is 12.9. The molecule has 3 aromatic rings. The molecule has 0 unspecified atom stereocenters. The molecule has 11 heteroatoms. The van der Waals surface area contributed by atoms with Crippen molar-refractivity contribution in [1.82, 2.24) is 9.78 Å². The number of hydrogen-bond acceptors (Lipinski definition) is 6. The third kappa shape index (κ3) is 4.93. The van der Waals surface area contributed by atoms with Crippen LogP contribution in [0.15, 0.2) is 53.1 Å². The summed E-state index contributed by atoms with van der Waals surface area (Å²) in [5, 5.41) is 9.43. The number of carbonyl (C=O) groups excluding carboxylic acids is 1. The van der Waals surface area contributed by atoms with Gasteiger partial charge in [0.05, 0.1) is 16.6 Å². The molecule has 1 aromatic carbocycles. The van der Waals surface area contributed by atoms with Crippen molar-refractivity contribution in [2.75, 3.05) is 6.61 Å². The molecule has 0 spiro atoms. The summed E-state index contributed by atoms with van der Waals surface area (Å²) >= 11 is 1.27. The SMILES string of the molecule is Cn1ncc(Oc2cccc(C(F)(F)F)c2)c1/C(N)=N/OCC(=O)c1cccs1. The number of ether oxygens (including phenoxy) is 1. The number of alkyl halides is 3. The van der Waals surface area contributed by atoms with Crippen LogP contribution in [-0.4, -0.2) is 28.0 Å². The number of halogens is 3. The third-order valence-corrected chi connectivity index (χ3v) is 4.60. The van der Waals surface area contributed by atoms with Gasteiger partial charge in [-0.1, -0.05) is 17.3 Å². The Kier molecular flexibility index (Phi) is 5.87. The van der Waals surface area contributed by atoms with E-state index < -0.39 is 11.7 Å². The molecule has 2 aromatic heterocycles. The van der Waals surface area contributed by atoms with Crippen molar-refractivity contribution in [3.63, 3.8) is 0 Å². The molecule has 0 fully saturated rings. The summed E-state index contributed by atoms with van der Waals surface area (Å²) in [6.45, 7) is -0.317. The molecule has 0 aliphatic rings. The number of benzene rings is 1. The Morgan fingerprint density at radius 2 is 2.10 bits per heavy atom. The molecule has 0 aliphatic heterocycles. The molecule has 152 valence electrons. The number of oxime groups is 1. The lowest BCUT2D eigenvalue weighted by atomic mass is 10.2. The highest BCUT2D eigenvalue weighted by atomic mass is 32.1. The van der Waals surface area contributed by atoms with Crippen LogP contribution in [0, 0.1) is 0 Å². The summed E-state index contributed by atoms with van der Waals surface area (Å²) < 4.78 is 45.4. The Morgan fingerprint density at radius 3 is 2.79 bits per heavy atom. The quantitative estimate of drug-likeness (QED) is 0.270. The number of aromatic nitrogens is 2. The van der Waals surface area contributed by atoms with E-state index in [1.807, 2.05) is 0 Å². The molecule has 0 bridgehead atoms. The molecule has 2 heterocycles. The smallest absolute Gasteiger partial charge is 0.416 e. The van der Waals surface area contributed by atoms with Crippen molar-refractivity contribution in [2.45, 2.75) is 6.18 Å². The number of carbonyl (C=O) groups is 1. The zero-order chi connectivity index (χ0) is 21.0. The molecule has 0 amide bonds. The van der Waals surface area contributed by atoms with Gasteiger partial charge >= 0.3 is 6.18 Å². The number of nitrogens with zero attached hydrogens (tertiary/aromatic N) is 3. The zero-order valence-corrected chi connectivity index (χ0v) is 15.8. The van der Waals surface area contributed by atoms with Crippen LogP contribution < -0.4 is 10.5 Å². The van der Waals surface area contributed by atoms with E-state index in [-0.39, 0.29) is 35.4 Å². The van der Waals surface area contributed by atoms with E-state index in [0.717, 1.165) is 12.1 Å². The van der Waals surface area contributed by atoms with Gasteiger partial charge < -0.3 is 15.3 Å². The van der Waals surface area contributed by atoms with Crippen molar-refractivity contribution in [3.8, 4) is 11.5 Å². The van der Waals surface area contributed by atoms with Gasteiger partial charge in [-0.25, -0.2) is 0 Å². The van der Waals surface area contributed by atoms with Crippen molar-refractivity contribution >= 4 is 23.0 Å². The molecule has 29 heavy (non-hydrogen) atoms. The first-order valence-electron chi connectivity index (χ1n) is 8.15. The number of nitrogens with two attached hydrogens (primary N) is 1. The van der Waals surface area contributed by atoms with E-state index in [1.165, 1.54) is 34.3 Å². The molecule has 0 atom stereocenters. The highest BCUT2D eigenvalue weighted by Gasteiger charge is 2.30. The van der Waals surface area contributed by atoms with E-state index in [4.69, 9.17) is 15.3 Å². The fraction of sp³-hybridized carbons (Fsp3) is 0.167. The lowest BCUT2D eigenvalue weighted by molar-refractivity contribution is -0.137. The van der Waals surface area contributed by atoms with Gasteiger partial charge in [-0.2, -0.15) is 18.3 Å². The molecular formula is C18H15F3N4O3S. The van der Waals surface area contributed by atoms with E-state index >= 15 is 0 Å². The highest BCUT2D eigenvalue weighted by Crippen LogP contribution is 2.33. The average molecular weight is 424 g/mol. The van der Waals surface area contributed by atoms with Gasteiger partial charge in [-0.15, -0.1) is 11.3 Å². The monoisotopic (exact) mass is 424 g/mol. The van der Waals surface area contributed by atoms with E-state index in [2.05, 4.69) is 10.3 Å². The number of thiophene rings is 1. The fourth-order valence-electron chi connectivity index (χ4n) is 2.36. The number of Topliss-reactive ketones (excluding diaryl/α,β-unsaturated/α-hetero) is 1. The highest BCUT2D eigenvalue weighted by molar-refractivity contribution is 7.12. The van der Waals surface area contributed by atoms with Crippen LogP contribution in [0.3, 0.4) is 0 Å². The summed E-state index contributed by atoms with van der Waals surface area (Å²) in [4.78, 5) is 17.4. The van der Waals surface area contributed by atoms with Gasteiger partial charge in [-0.05, 0) is 29.6 Å². The number of amidine groups is 1. The van der Waals surface area contributed by atoms with Crippen LogP contribution in [0.2, 0.25) is 0 Å². The third-order valence-electron chi connectivity index (χ3n) is 3.69. The maximum atomic E-state index is 12.9. The Labute approximate surface area is 167 Å². The second kappa shape index (κ2) is 8.35. The predicted octanol–water partition coefficient (Wildman–Crippen LogP) is 3.81. The van der Waals surface area contributed by atoms with E-state index in [1.54, 1.807) is 24.6 Å². The van der Waals surface area contributed by atoms with Crippen molar-refractivity contribution in [1.29, 1.82) is 0 Å². The topological polar surface area (TPSA) is 91.7 Å². The van der Waals surface area contributed by atoms with Crippen LogP contribution in [0.4, 0.5) is 13.2 Å². The number of ketones is 1. The minimum Gasteiger partial charge on any atom is -0.453 e. The molecule has 3 rings (SSSR count). The van der Waals surface area contributed by atoms with Crippen LogP contribution >= 0.6 is 11.3 Å². The summed E-state index contributed by atoms with van der Waals surface area (Å²) in [6, 6.07) is 7.79. The first-order chi connectivity index (χ1) is 13.8. The van der Waals surface area contributed by atoms with Gasteiger partial charge in [0.2, 0.25) is 5.78 Å². The molecule has 0 radical (unpaired) electrons. The van der Waals surface area contributed by atoms with E-state index in [0.29, 0.717) is 4.88 Å². The molecule has 2 N–H and O–H groups in total. The van der Waals surface area contributed by atoms with Crippen LogP contribution in [-0.2, 0) is 18.1 Å². The Morgan fingerprint density at radius 1 is 1.31 bits per heavy atom. The summed E-state index contributed by atoms with van der Waals surface area (Å²) in [5.74, 6) is -0.370. The summed E-state index contributed by atoms with van der Waals surface area (Å²) in [7, 11) is 1.55. The lowest BCUT2D eigenvalue weighted by Gasteiger charge is -2.10. The Bertz CT molecular complexity index is 1030. The predicted molar refractivity (Wildman–Crippen MR) is 100 cm³/mol. The molecule has 0 saturated heterocycles. The molecular weight excluding hydrogens is 409 g/mol. The number of aryl methyl sites for hydroxylation is 1. The minimum absolute atomic E-state index is 0.0457. The van der Waals surface area contributed by atoms with Crippen LogP contribution in [0.25, 0.3) is 0 Å². The lowest BCUT2D eigenvalue weighted by Crippen LogP contribution is -2.19. The minimum atomic E-state index is -4.50. The number of rotatable bonds is 7. The second-order valence-corrected chi connectivity index (χ2v) is 6.71. The summed E-state index contributed by atoms with van der Waals surface area (Å²) in [5.41, 5.74) is 5.23. The first kappa shape index (κ1) is 20.4. The fourth-order valence-corrected chi connectivity index (χ4v) is 3.01. The first-order valence-corrected chi connectivity index (χ1v) is 9.03. The van der Waals surface area contributed by atoms with E-state index in [9.17, 15) is 18.0 Å². The maximum Gasteiger partial charge on any atom is 0.416 e. The Balaban J connectivity index is 1.74. The largest absolute Gasteiger partial charge is 0.453 e. The van der Waals surface area contributed by atoms with Crippen molar-refractivity contribution in [2.24, 2.45) is 17.9 Å². The standard InChI is InChI=1S/C18H15F3N4O3S/c1-25-16(17(22)24-27-10-13(26)15-6-3-7-29-15)14(9-23-25)28-12-5-2-4-11(8-12)18(19,20)21/h2-9H,10H2,1H3,(H2,22,24). The van der Waals surface area contributed by atoms with Gasteiger partial charge in [0.1, 0.15) is 11.4 Å². The van der Waals surface area contributed by atoms with Gasteiger partial charge in [-0.3, -0.25) is 9.48 Å². The van der Waals surface area contributed by atoms with Crippen molar-refractivity contribution in [3.05, 3.63) is 64.1 Å². The molecule has 0 aliphatic carbocycles. The van der Waals surface area contributed by atoms with Gasteiger partial charge in [0, 0.05) is 7.05 Å². The molecule has 7 nitrogen and oxygen atoms in total. The van der Waals surface area contributed by atoms with Gasteiger partial charge in [0.25, 0.3) is 0 Å². The average Bonchev–Trinajstić information content (AvgIpc) is 3.31. The normalized spacial score (nSPS) is 12.1.